The number of rotatable bonds is 1. The van der Waals surface area contributed by atoms with E-state index in [2.05, 4.69) is 21.0 Å². The van der Waals surface area contributed by atoms with Gasteiger partial charge in [0.1, 0.15) is 0 Å². The number of nitrogens with two attached hydrogens (primary N) is 1. The Morgan fingerprint density at radius 1 is 1.55 bits per heavy atom. The number of nitrogens with zero attached hydrogens (tertiary/aromatic N) is 1. The summed E-state index contributed by atoms with van der Waals surface area (Å²) in [6.07, 6.45) is 1.51. The predicted octanol–water partition coefficient (Wildman–Crippen LogP) is 2.40. The lowest BCUT2D eigenvalue weighted by molar-refractivity contribution is 1.26. The van der Waals surface area contributed by atoms with Crippen molar-refractivity contribution in [2.75, 3.05) is 0 Å². The molecule has 1 aromatic carbocycles. The third-order valence-corrected chi connectivity index (χ3v) is 2.00. The summed E-state index contributed by atoms with van der Waals surface area (Å²) in [5.74, 6) is 4.97. The first kappa shape index (κ1) is 8.56. The summed E-state index contributed by atoms with van der Waals surface area (Å²) in [5, 5.41) is 4.00. The minimum Gasteiger partial charge on any atom is -0.323 e. The fraction of sp³-hybridized carbons (Fsp3) is 0. The van der Waals surface area contributed by atoms with Crippen molar-refractivity contribution in [3.05, 3.63) is 33.3 Å². The van der Waals surface area contributed by atoms with E-state index in [-0.39, 0.29) is 0 Å². The second-order valence-electron chi connectivity index (χ2n) is 1.94. The third kappa shape index (κ3) is 2.20. The van der Waals surface area contributed by atoms with Crippen molar-refractivity contribution in [2.45, 2.75) is 0 Å². The molecule has 1 aromatic rings. The van der Waals surface area contributed by atoms with E-state index in [0.717, 1.165) is 10.0 Å². The minimum absolute atomic E-state index is 0.633. The Labute approximate surface area is 78.2 Å². The molecule has 0 bridgehead atoms. The predicted molar refractivity (Wildman–Crippen MR) is 50.9 cm³/mol. The molecule has 4 heteroatoms. The fourth-order valence-corrected chi connectivity index (χ4v) is 1.41. The number of benzene rings is 1. The highest BCUT2D eigenvalue weighted by Gasteiger charge is 1.96. The topological polar surface area (TPSA) is 38.4 Å². The molecule has 2 N–H and O–H groups in total. The first-order valence-electron chi connectivity index (χ1n) is 2.92. The molecule has 1 rings (SSSR count). The molecule has 0 spiro atoms. The van der Waals surface area contributed by atoms with Crippen LogP contribution in [0.4, 0.5) is 0 Å². The fourth-order valence-electron chi connectivity index (χ4n) is 0.687. The summed E-state index contributed by atoms with van der Waals surface area (Å²) in [4.78, 5) is 0. The van der Waals surface area contributed by atoms with Gasteiger partial charge in [-0.3, -0.25) is 0 Å². The normalized spacial score (nSPS) is 10.7. The van der Waals surface area contributed by atoms with Gasteiger partial charge in [0.05, 0.1) is 11.2 Å². The number of hydrogen-bond donors (Lipinski definition) is 1. The van der Waals surface area contributed by atoms with Gasteiger partial charge in [-0.25, -0.2) is 0 Å². The summed E-state index contributed by atoms with van der Waals surface area (Å²) < 4.78 is 0.941. The molecule has 11 heavy (non-hydrogen) atoms. The maximum absolute atomic E-state index is 5.83. The summed E-state index contributed by atoms with van der Waals surface area (Å²) in [5.41, 5.74) is 0.817. The highest BCUT2D eigenvalue weighted by Crippen LogP contribution is 2.19. The molecular weight excluding hydrogens is 227 g/mol. The Balaban J connectivity index is 3.09. The Morgan fingerprint density at radius 2 is 2.27 bits per heavy atom. The van der Waals surface area contributed by atoms with Crippen LogP contribution in [-0.2, 0) is 0 Å². The lowest BCUT2D eigenvalue weighted by Gasteiger charge is -1.96. The molecule has 0 aromatic heterocycles. The molecule has 2 nitrogen and oxygen atoms in total. The van der Waals surface area contributed by atoms with Crippen LogP contribution in [0.25, 0.3) is 0 Å². The SMILES string of the molecule is NN=Cc1ccc(Br)cc1Cl. The summed E-state index contributed by atoms with van der Waals surface area (Å²) in [6.45, 7) is 0. The van der Waals surface area contributed by atoms with Gasteiger partial charge >= 0.3 is 0 Å². The van der Waals surface area contributed by atoms with Gasteiger partial charge in [0, 0.05) is 10.0 Å². The Hall–Kier alpha value is -0.540. The quantitative estimate of drug-likeness (QED) is 0.451. The standard InChI is InChI=1S/C7H6BrClN2/c8-6-2-1-5(4-11-10)7(9)3-6/h1-4H,10H2. The van der Waals surface area contributed by atoms with Crippen LogP contribution in [0.1, 0.15) is 5.56 Å². The highest BCUT2D eigenvalue weighted by molar-refractivity contribution is 9.10. The van der Waals surface area contributed by atoms with Gasteiger partial charge in [-0.15, -0.1) is 0 Å². The molecule has 0 fully saturated rings. The minimum atomic E-state index is 0.633. The van der Waals surface area contributed by atoms with Crippen molar-refractivity contribution >= 4 is 33.7 Å². The molecule has 0 heterocycles. The van der Waals surface area contributed by atoms with E-state index in [1.54, 1.807) is 6.07 Å². The van der Waals surface area contributed by atoms with Gasteiger partial charge in [0.15, 0.2) is 0 Å². The van der Waals surface area contributed by atoms with Gasteiger partial charge in [0.2, 0.25) is 0 Å². The van der Waals surface area contributed by atoms with E-state index in [9.17, 15) is 0 Å². The zero-order valence-electron chi connectivity index (χ0n) is 5.59. The Bertz CT molecular complexity index is 286. The molecule has 0 unspecified atom stereocenters. The maximum atomic E-state index is 5.83. The van der Waals surface area contributed by atoms with Crippen molar-refractivity contribution in [3.8, 4) is 0 Å². The molecule has 0 amide bonds. The van der Waals surface area contributed by atoms with Crippen molar-refractivity contribution in [3.63, 3.8) is 0 Å². The van der Waals surface area contributed by atoms with Crippen molar-refractivity contribution in [1.82, 2.24) is 0 Å². The van der Waals surface area contributed by atoms with Gasteiger partial charge in [-0.05, 0) is 12.1 Å². The monoisotopic (exact) mass is 232 g/mol. The summed E-state index contributed by atoms with van der Waals surface area (Å²) >= 11 is 9.12. The molecule has 0 radical (unpaired) electrons. The van der Waals surface area contributed by atoms with E-state index in [1.165, 1.54) is 6.21 Å². The molecule has 0 aliphatic heterocycles. The first-order chi connectivity index (χ1) is 5.24. The van der Waals surface area contributed by atoms with Gasteiger partial charge in [0.25, 0.3) is 0 Å². The number of hydrazone groups is 1. The molecule has 0 saturated carbocycles. The molecule has 0 atom stereocenters. The lowest BCUT2D eigenvalue weighted by atomic mass is 10.2. The Kier molecular flexibility index (Phi) is 2.91. The van der Waals surface area contributed by atoms with Gasteiger partial charge in [-0.2, -0.15) is 5.10 Å². The molecule has 0 saturated heterocycles. The van der Waals surface area contributed by atoms with Crippen LogP contribution in [-0.4, -0.2) is 6.21 Å². The highest BCUT2D eigenvalue weighted by atomic mass is 79.9. The second kappa shape index (κ2) is 3.74. The van der Waals surface area contributed by atoms with E-state index in [0.29, 0.717) is 5.02 Å². The second-order valence-corrected chi connectivity index (χ2v) is 3.27. The molecule has 0 aliphatic rings. The average molecular weight is 233 g/mol. The van der Waals surface area contributed by atoms with Crippen LogP contribution in [0.15, 0.2) is 27.8 Å². The van der Waals surface area contributed by atoms with E-state index in [4.69, 9.17) is 17.4 Å². The van der Waals surface area contributed by atoms with E-state index < -0.39 is 0 Å². The first-order valence-corrected chi connectivity index (χ1v) is 4.09. The van der Waals surface area contributed by atoms with Crippen LogP contribution in [0.5, 0.6) is 0 Å². The number of halogens is 2. The van der Waals surface area contributed by atoms with Crippen molar-refractivity contribution in [1.29, 1.82) is 0 Å². The van der Waals surface area contributed by atoms with Gasteiger partial charge < -0.3 is 5.84 Å². The zero-order valence-corrected chi connectivity index (χ0v) is 7.93. The van der Waals surface area contributed by atoms with Crippen LogP contribution in [0.2, 0.25) is 5.02 Å². The molecule has 0 aliphatic carbocycles. The average Bonchev–Trinajstić information content (AvgIpc) is 1.95. The number of hydrogen-bond acceptors (Lipinski definition) is 2. The van der Waals surface area contributed by atoms with E-state index in [1.807, 2.05) is 12.1 Å². The lowest BCUT2D eigenvalue weighted by Crippen LogP contribution is -1.86. The van der Waals surface area contributed by atoms with Crippen LogP contribution >= 0.6 is 27.5 Å². The third-order valence-electron chi connectivity index (χ3n) is 1.18. The maximum Gasteiger partial charge on any atom is 0.0553 e. The molecule has 58 valence electrons. The van der Waals surface area contributed by atoms with E-state index >= 15 is 0 Å². The molecular formula is C7H6BrClN2. The van der Waals surface area contributed by atoms with Gasteiger partial charge in [-0.1, -0.05) is 33.6 Å². The largest absolute Gasteiger partial charge is 0.323 e. The van der Waals surface area contributed by atoms with Crippen LogP contribution < -0.4 is 5.84 Å². The Morgan fingerprint density at radius 3 is 2.82 bits per heavy atom. The zero-order chi connectivity index (χ0) is 8.27. The summed E-state index contributed by atoms with van der Waals surface area (Å²) in [7, 11) is 0. The summed E-state index contributed by atoms with van der Waals surface area (Å²) in [6, 6.07) is 5.50. The smallest absolute Gasteiger partial charge is 0.0553 e. The van der Waals surface area contributed by atoms with Crippen LogP contribution in [0.3, 0.4) is 0 Å². The van der Waals surface area contributed by atoms with Crippen molar-refractivity contribution in [2.24, 2.45) is 10.9 Å². The van der Waals surface area contributed by atoms with Crippen LogP contribution in [0, 0.1) is 0 Å². The van der Waals surface area contributed by atoms with Crippen molar-refractivity contribution < 1.29 is 0 Å².